The summed E-state index contributed by atoms with van der Waals surface area (Å²) in [6, 6.07) is 7.47. The van der Waals surface area contributed by atoms with Crippen LogP contribution in [0.1, 0.15) is 31.7 Å². The van der Waals surface area contributed by atoms with Crippen LogP contribution in [0.4, 0.5) is 0 Å². The monoisotopic (exact) mass is 291 g/mol. The molecule has 0 aliphatic carbocycles. The molecule has 1 aromatic carbocycles. The molecule has 2 N–H and O–H groups in total. The van der Waals surface area contributed by atoms with Gasteiger partial charge in [0.1, 0.15) is 5.75 Å². The normalized spacial score (nSPS) is 10.5. The van der Waals surface area contributed by atoms with Crippen LogP contribution in [0.25, 0.3) is 6.08 Å². The van der Waals surface area contributed by atoms with E-state index in [1.54, 1.807) is 6.08 Å². The number of aliphatic carboxylic acids is 1. The van der Waals surface area contributed by atoms with Crippen molar-refractivity contribution in [3.63, 3.8) is 0 Å². The van der Waals surface area contributed by atoms with Gasteiger partial charge >= 0.3 is 5.97 Å². The Morgan fingerprint density at radius 2 is 2.00 bits per heavy atom. The Kier molecular flexibility index (Phi) is 7.64. The Morgan fingerprint density at radius 3 is 2.62 bits per heavy atom. The van der Waals surface area contributed by atoms with Crippen molar-refractivity contribution in [1.82, 2.24) is 5.32 Å². The highest BCUT2D eigenvalue weighted by molar-refractivity contribution is 5.91. The number of hydrogen-bond donors (Lipinski definition) is 2. The lowest BCUT2D eigenvalue weighted by Gasteiger charge is -2.04. The van der Waals surface area contributed by atoms with E-state index in [4.69, 9.17) is 9.84 Å². The Morgan fingerprint density at radius 1 is 1.29 bits per heavy atom. The second kappa shape index (κ2) is 9.58. The third-order valence-corrected chi connectivity index (χ3v) is 2.65. The lowest BCUT2D eigenvalue weighted by atomic mass is 10.2. The molecule has 5 nitrogen and oxygen atoms in total. The highest BCUT2D eigenvalue weighted by atomic mass is 16.5. The minimum absolute atomic E-state index is 0.0587. The number of benzene rings is 1. The molecule has 0 bridgehead atoms. The first-order valence-corrected chi connectivity index (χ1v) is 7.02. The Balaban J connectivity index is 2.34. The molecule has 0 aliphatic heterocycles. The van der Waals surface area contributed by atoms with E-state index in [1.807, 2.05) is 31.2 Å². The van der Waals surface area contributed by atoms with Gasteiger partial charge in [0.05, 0.1) is 6.61 Å². The van der Waals surface area contributed by atoms with Crippen LogP contribution >= 0.6 is 0 Å². The van der Waals surface area contributed by atoms with E-state index < -0.39 is 5.97 Å². The summed E-state index contributed by atoms with van der Waals surface area (Å²) in [5.74, 6) is -0.274. The first-order chi connectivity index (χ1) is 10.1. The summed E-state index contributed by atoms with van der Waals surface area (Å²) in [6.07, 6.45) is 4.59. The average molecular weight is 291 g/mol. The van der Waals surface area contributed by atoms with Crippen molar-refractivity contribution < 1.29 is 19.4 Å². The number of carboxylic acid groups (broad SMARTS) is 1. The SMILES string of the molecule is CCCOc1ccc(/C=C/C(=O)NCCCC(=O)O)cc1. The maximum absolute atomic E-state index is 11.5. The minimum Gasteiger partial charge on any atom is -0.494 e. The Bertz CT molecular complexity index is 480. The van der Waals surface area contributed by atoms with Gasteiger partial charge in [0.15, 0.2) is 0 Å². The summed E-state index contributed by atoms with van der Waals surface area (Å²) in [5, 5.41) is 11.1. The number of carbonyl (C=O) groups is 2. The van der Waals surface area contributed by atoms with E-state index in [9.17, 15) is 9.59 Å². The van der Waals surface area contributed by atoms with Crippen molar-refractivity contribution in [2.45, 2.75) is 26.2 Å². The fraction of sp³-hybridized carbons (Fsp3) is 0.375. The zero-order chi connectivity index (χ0) is 15.5. The van der Waals surface area contributed by atoms with Crippen LogP contribution < -0.4 is 10.1 Å². The second-order valence-electron chi connectivity index (χ2n) is 4.54. The van der Waals surface area contributed by atoms with E-state index >= 15 is 0 Å². The fourth-order valence-corrected chi connectivity index (χ4v) is 1.58. The summed E-state index contributed by atoms with van der Waals surface area (Å²) in [4.78, 5) is 21.8. The van der Waals surface area contributed by atoms with E-state index in [0.717, 1.165) is 17.7 Å². The van der Waals surface area contributed by atoms with Crippen molar-refractivity contribution in [2.24, 2.45) is 0 Å². The van der Waals surface area contributed by atoms with Gasteiger partial charge in [-0.3, -0.25) is 9.59 Å². The minimum atomic E-state index is -0.856. The average Bonchev–Trinajstić information content (AvgIpc) is 2.48. The van der Waals surface area contributed by atoms with E-state index in [1.165, 1.54) is 6.08 Å². The van der Waals surface area contributed by atoms with Gasteiger partial charge in [-0.25, -0.2) is 0 Å². The molecule has 0 unspecified atom stereocenters. The van der Waals surface area contributed by atoms with Crippen molar-refractivity contribution in [3.8, 4) is 5.75 Å². The fourth-order valence-electron chi connectivity index (χ4n) is 1.58. The molecule has 0 saturated carbocycles. The van der Waals surface area contributed by atoms with Crippen LogP contribution in [-0.2, 0) is 9.59 Å². The predicted octanol–water partition coefficient (Wildman–Crippen LogP) is 2.47. The number of carboxylic acids is 1. The molecule has 0 aliphatic rings. The van der Waals surface area contributed by atoms with Gasteiger partial charge in [0, 0.05) is 19.0 Å². The number of rotatable bonds is 9. The van der Waals surface area contributed by atoms with Crippen LogP contribution in [-0.4, -0.2) is 30.1 Å². The van der Waals surface area contributed by atoms with Gasteiger partial charge in [-0.15, -0.1) is 0 Å². The number of amides is 1. The maximum Gasteiger partial charge on any atom is 0.303 e. The molecule has 1 rings (SSSR count). The van der Waals surface area contributed by atoms with E-state index in [0.29, 0.717) is 19.6 Å². The molecular weight excluding hydrogens is 270 g/mol. The second-order valence-corrected chi connectivity index (χ2v) is 4.54. The highest BCUT2D eigenvalue weighted by Crippen LogP contribution is 2.13. The van der Waals surface area contributed by atoms with E-state index in [-0.39, 0.29) is 12.3 Å². The first-order valence-electron chi connectivity index (χ1n) is 7.02. The van der Waals surface area contributed by atoms with Crippen LogP contribution in [0.15, 0.2) is 30.3 Å². The highest BCUT2D eigenvalue weighted by Gasteiger charge is 1.98. The molecule has 0 radical (unpaired) electrons. The van der Waals surface area contributed by atoms with Gasteiger partial charge in [-0.2, -0.15) is 0 Å². The molecule has 1 aromatic rings. The van der Waals surface area contributed by atoms with Crippen molar-refractivity contribution in [3.05, 3.63) is 35.9 Å². The maximum atomic E-state index is 11.5. The topological polar surface area (TPSA) is 75.6 Å². The molecule has 5 heteroatoms. The molecule has 0 atom stereocenters. The molecule has 0 heterocycles. The smallest absolute Gasteiger partial charge is 0.303 e. The summed E-state index contributed by atoms with van der Waals surface area (Å²) in [6.45, 7) is 3.10. The predicted molar refractivity (Wildman–Crippen MR) is 81.1 cm³/mol. The van der Waals surface area contributed by atoms with Crippen LogP contribution in [0.3, 0.4) is 0 Å². The number of nitrogens with one attached hydrogen (secondary N) is 1. The lowest BCUT2D eigenvalue weighted by molar-refractivity contribution is -0.137. The molecule has 1 amide bonds. The molecular formula is C16H21NO4. The summed E-state index contributed by atoms with van der Waals surface area (Å²) < 4.78 is 5.47. The molecule has 21 heavy (non-hydrogen) atoms. The molecule has 0 fully saturated rings. The first kappa shape index (κ1) is 16.8. The van der Waals surface area contributed by atoms with Crippen LogP contribution in [0.5, 0.6) is 5.75 Å². The number of carbonyl (C=O) groups excluding carboxylic acids is 1. The molecule has 114 valence electrons. The summed E-state index contributed by atoms with van der Waals surface area (Å²) >= 11 is 0. The zero-order valence-electron chi connectivity index (χ0n) is 12.2. The third kappa shape index (κ3) is 7.77. The lowest BCUT2D eigenvalue weighted by Crippen LogP contribution is -2.22. The Labute approximate surface area is 124 Å². The summed E-state index contributed by atoms with van der Waals surface area (Å²) in [7, 11) is 0. The molecule has 0 spiro atoms. The van der Waals surface area contributed by atoms with Crippen LogP contribution in [0.2, 0.25) is 0 Å². The van der Waals surface area contributed by atoms with Crippen molar-refractivity contribution in [1.29, 1.82) is 0 Å². The quantitative estimate of drug-likeness (QED) is 0.541. The van der Waals surface area contributed by atoms with Gasteiger partial charge in [-0.1, -0.05) is 19.1 Å². The number of ether oxygens (including phenoxy) is 1. The largest absolute Gasteiger partial charge is 0.494 e. The zero-order valence-corrected chi connectivity index (χ0v) is 12.2. The standard InChI is InChI=1S/C16H21NO4/c1-2-12-21-14-8-5-13(6-9-14)7-10-15(18)17-11-3-4-16(19)20/h5-10H,2-4,11-12H2,1H3,(H,17,18)(H,19,20)/b10-7+. The molecule has 0 saturated heterocycles. The van der Waals surface area contributed by atoms with Crippen molar-refractivity contribution >= 4 is 18.0 Å². The van der Waals surface area contributed by atoms with E-state index in [2.05, 4.69) is 5.32 Å². The third-order valence-electron chi connectivity index (χ3n) is 2.65. The summed E-state index contributed by atoms with van der Waals surface area (Å²) in [5.41, 5.74) is 0.902. The van der Waals surface area contributed by atoms with Gasteiger partial charge in [0.2, 0.25) is 5.91 Å². The van der Waals surface area contributed by atoms with Crippen molar-refractivity contribution in [2.75, 3.05) is 13.2 Å². The Hall–Kier alpha value is -2.30. The van der Waals surface area contributed by atoms with Gasteiger partial charge in [-0.05, 0) is 36.6 Å². The van der Waals surface area contributed by atoms with Crippen LogP contribution in [0, 0.1) is 0 Å². The molecule has 0 aromatic heterocycles. The number of hydrogen-bond acceptors (Lipinski definition) is 3. The van der Waals surface area contributed by atoms with Gasteiger partial charge in [0.25, 0.3) is 0 Å². The van der Waals surface area contributed by atoms with Gasteiger partial charge < -0.3 is 15.2 Å².